The summed E-state index contributed by atoms with van der Waals surface area (Å²) >= 11 is 4.81. The minimum atomic E-state index is -0.412. The lowest BCUT2D eigenvalue weighted by Crippen LogP contribution is -2.03. The van der Waals surface area contributed by atoms with Crippen LogP contribution in [0.3, 0.4) is 0 Å². The molecule has 1 aromatic carbocycles. The molecular formula is C21H18BrN3O4S. The molecular weight excluding hydrogens is 470 g/mol. The molecule has 0 saturated carbocycles. The van der Waals surface area contributed by atoms with E-state index in [-0.39, 0.29) is 0 Å². The van der Waals surface area contributed by atoms with E-state index >= 15 is 0 Å². The summed E-state index contributed by atoms with van der Waals surface area (Å²) in [6.07, 6.45) is 0. The summed E-state index contributed by atoms with van der Waals surface area (Å²) < 4.78 is 18.8. The van der Waals surface area contributed by atoms with Crippen molar-refractivity contribution >= 4 is 33.7 Å². The molecule has 0 saturated heterocycles. The average Bonchev–Trinajstić information content (AvgIpc) is 3.45. The van der Waals surface area contributed by atoms with E-state index in [0.29, 0.717) is 45.6 Å². The monoisotopic (exact) mass is 487 g/mol. The molecule has 0 aliphatic rings. The number of benzene rings is 1. The number of hydrogen-bond acceptors (Lipinski definition) is 7. The van der Waals surface area contributed by atoms with Gasteiger partial charge in [0.2, 0.25) is 5.82 Å². The Hall–Kier alpha value is -2.78. The molecule has 0 aliphatic heterocycles. The number of thioether (sulfide) groups is 1. The second-order valence-corrected chi connectivity index (χ2v) is 8.17. The predicted octanol–water partition coefficient (Wildman–Crippen LogP) is 5.33. The molecule has 9 heteroatoms. The molecule has 0 bridgehead atoms. The third kappa shape index (κ3) is 4.36. The first-order valence-electron chi connectivity index (χ1n) is 9.08. The zero-order valence-electron chi connectivity index (χ0n) is 16.3. The number of hydrogen-bond donors (Lipinski definition) is 0. The molecule has 3 heterocycles. The Morgan fingerprint density at radius 3 is 2.67 bits per heavy atom. The van der Waals surface area contributed by atoms with E-state index in [1.54, 1.807) is 13.0 Å². The van der Waals surface area contributed by atoms with Crippen molar-refractivity contribution in [2.45, 2.75) is 24.4 Å². The first kappa shape index (κ1) is 20.5. The number of aryl methyl sites for hydroxylation is 1. The van der Waals surface area contributed by atoms with Gasteiger partial charge in [-0.3, -0.25) is 4.57 Å². The van der Waals surface area contributed by atoms with Gasteiger partial charge in [-0.1, -0.05) is 42.1 Å². The van der Waals surface area contributed by atoms with Crippen LogP contribution in [0.1, 0.15) is 27.4 Å². The lowest BCUT2D eigenvalue weighted by molar-refractivity contribution is 0.0599. The standard InChI is InChI=1S/C21H18BrN3O4S/c1-13-16(20(26)27-2)10-15(28-13)12-30-21-24-23-19(17-8-9-18(22)29-17)25(21)11-14-6-4-3-5-7-14/h3-10H,11-12H2,1-2H3. The Morgan fingerprint density at radius 1 is 1.17 bits per heavy atom. The van der Waals surface area contributed by atoms with Crippen LogP contribution in [-0.2, 0) is 17.0 Å². The van der Waals surface area contributed by atoms with Crippen molar-refractivity contribution in [1.82, 2.24) is 14.8 Å². The smallest absolute Gasteiger partial charge is 0.341 e. The summed E-state index contributed by atoms with van der Waals surface area (Å²) in [6, 6.07) is 15.5. The number of ether oxygens (including phenoxy) is 1. The second kappa shape index (κ2) is 8.93. The van der Waals surface area contributed by atoms with Crippen LogP contribution in [0.15, 0.2) is 67.2 Å². The maximum absolute atomic E-state index is 11.8. The lowest BCUT2D eigenvalue weighted by Gasteiger charge is -2.09. The molecule has 7 nitrogen and oxygen atoms in total. The summed E-state index contributed by atoms with van der Waals surface area (Å²) in [5, 5.41) is 9.42. The van der Waals surface area contributed by atoms with Crippen LogP contribution < -0.4 is 0 Å². The summed E-state index contributed by atoms with van der Waals surface area (Å²) in [5.41, 5.74) is 1.55. The molecule has 30 heavy (non-hydrogen) atoms. The molecule has 0 amide bonds. The molecule has 0 atom stereocenters. The topological polar surface area (TPSA) is 83.3 Å². The first-order chi connectivity index (χ1) is 14.5. The summed E-state index contributed by atoms with van der Waals surface area (Å²) in [5.74, 6) is 2.54. The van der Waals surface area contributed by atoms with Crippen molar-refractivity contribution in [3.05, 3.63) is 75.8 Å². The van der Waals surface area contributed by atoms with Gasteiger partial charge in [0.25, 0.3) is 0 Å². The van der Waals surface area contributed by atoms with E-state index in [0.717, 1.165) is 10.7 Å². The van der Waals surface area contributed by atoms with E-state index < -0.39 is 5.97 Å². The average molecular weight is 488 g/mol. The minimum absolute atomic E-state index is 0.412. The summed E-state index contributed by atoms with van der Waals surface area (Å²) in [7, 11) is 1.35. The SMILES string of the molecule is COC(=O)c1cc(CSc2nnc(-c3ccc(Br)o3)n2Cc2ccccc2)oc1C. The van der Waals surface area contributed by atoms with Gasteiger partial charge in [-0.2, -0.15) is 0 Å². The van der Waals surface area contributed by atoms with Crippen LogP contribution in [0.5, 0.6) is 0 Å². The maximum Gasteiger partial charge on any atom is 0.341 e. The van der Waals surface area contributed by atoms with E-state index in [9.17, 15) is 4.79 Å². The fourth-order valence-electron chi connectivity index (χ4n) is 2.98. The summed E-state index contributed by atoms with van der Waals surface area (Å²) in [6.45, 7) is 2.33. The van der Waals surface area contributed by atoms with Gasteiger partial charge in [0, 0.05) is 0 Å². The van der Waals surface area contributed by atoms with Gasteiger partial charge < -0.3 is 13.6 Å². The number of halogens is 1. The zero-order chi connectivity index (χ0) is 21.1. The highest BCUT2D eigenvalue weighted by Crippen LogP contribution is 2.30. The highest BCUT2D eigenvalue weighted by Gasteiger charge is 2.20. The number of aromatic nitrogens is 3. The van der Waals surface area contributed by atoms with Crippen molar-refractivity contribution < 1.29 is 18.4 Å². The van der Waals surface area contributed by atoms with Crippen molar-refractivity contribution in [3.8, 4) is 11.6 Å². The van der Waals surface area contributed by atoms with E-state index in [1.165, 1.54) is 18.9 Å². The molecule has 0 radical (unpaired) electrons. The number of furan rings is 2. The molecule has 0 N–H and O–H groups in total. The number of esters is 1. The summed E-state index contributed by atoms with van der Waals surface area (Å²) in [4.78, 5) is 11.8. The van der Waals surface area contributed by atoms with Crippen molar-refractivity contribution in [2.24, 2.45) is 0 Å². The molecule has 0 aliphatic carbocycles. The van der Waals surface area contributed by atoms with Crippen LogP contribution >= 0.6 is 27.7 Å². The molecule has 154 valence electrons. The van der Waals surface area contributed by atoms with Gasteiger partial charge >= 0.3 is 5.97 Å². The number of nitrogens with zero attached hydrogens (tertiary/aromatic N) is 3. The quantitative estimate of drug-likeness (QED) is 0.257. The van der Waals surface area contributed by atoms with Gasteiger partial charge in [-0.25, -0.2) is 4.79 Å². The molecule has 3 aromatic heterocycles. The molecule has 0 unspecified atom stereocenters. The van der Waals surface area contributed by atoms with E-state index in [4.69, 9.17) is 13.6 Å². The number of methoxy groups -OCH3 is 1. The van der Waals surface area contributed by atoms with Crippen LogP contribution in [-0.4, -0.2) is 27.8 Å². The molecule has 4 aromatic rings. The van der Waals surface area contributed by atoms with Crippen molar-refractivity contribution in [1.29, 1.82) is 0 Å². The van der Waals surface area contributed by atoms with Gasteiger partial charge in [0.05, 0.1) is 19.4 Å². The highest BCUT2D eigenvalue weighted by molar-refractivity contribution is 9.10. The zero-order valence-corrected chi connectivity index (χ0v) is 18.7. The fraction of sp³-hybridized carbons (Fsp3) is 0.190. The third-order valence-corrected chi connectivity index (χ3v) is 5.83. The Kier molecular flexibility index (Phi) is 6.10. The Bertz CT molecular complexity index is 1170. The first-order valence-corrected chi connectivity index (χ1v) is 10.9. The van der Waals surface area contributed by atoms with E-state index in [2.05, 4.69) is 38.3 Å². The van der Waals surface area contributed by atoms with Gasteiger partial charge in [-0.05, 0) is 46.6 Å². The Labute approximate surface area is 185 Å². The highest BCUT2D eigenvalue weighted by atomic mass is 79.9. The van der Waals surface area contributed by atoms with Crippen LogP contribution in [0.2, 0.25) is 0 Å². The largest absolute Gasteiger partial charge is 0.465 e. The van der Waals surface area contributed by atoms with Crippen LogP contribution in [0.4, 0.5) is 0 Å². The normalized spacial score (nSPS) is 11.0. The Balaban J connectivity index is 1.61. The molecule has 0 spiro atoms. The molecule has 4 rings (SSSR count). The van der Waals surface area contributed by atoms with Gasteiger partial charge in [0.1, 0.15) is 17.1 Å². The van der Waals surface area contributed by atoms with Gasteiger partial charge in [-0.15, -0.1) is 10.2 Å². The third-order valence-electron chi connectivity index (χ3n) is 4.41. The van der Waals surface area contributed by atoms with Crippen LogP contribution in [0, 0.1) is 6.92 Å². The molecule has 0 fully saturated rings. The number of rotatable bonds is 7. The second-order valence-electron chi connectivity index (χ2n) is 6.44. The van der Waals surface area contributed by atoms with Gasteiger partial charge in [0.15, 0.2) is 15.6 Å². The van der Waals surface area contributed by atoms with Crippen molar-refractivity contribution in [3.63, 3.8) is 0 Å². The number of carbonyl (C=O) groups is 1. The lowest BCUT2D eigenvalue weighted by atomic mass is 10.2. The predicted molar refractivity (Wildman–Crippen MR) is 115 cm³/mol. The fourth-order valence-corrected chi connectivity index (χ4v) is 4.11. The number of carbonyl (C=O) groups excluding carboxylic acids is 1. The minimum Gasteiger partial charge on any atom is -0.465 e. The van der Waals surface area contributed by atoms with Crippen LogP contribution in [0.25, 0.3) is 11.6 Å². The Morgan fingerprint density at radius 2 is 1.97 bits per heavy atom. The van der Waals surface area contributed by atoms with E-state index in [1.807, 2.05) is 34.9 Å². The van der Waals surface area contributed by atoms with Crippen molar-refractivity contribution in [2.75, 3.05) is 7.11 Å². The maximum atomic E-state index is 11.8.